The Morgan fingerprint density at radius 3 is 2.79 bits per heavy atom. The van der Waals surface area contributed by atoms with Crippen LogP contribution in [0, 0.1) is 17.0 Å². The van der Waals surface area contributed by atoms with Crippen molar-refractivity contribution in [1.82, 2.24) is 4.98 Å². The fourth-order valence-electron chi connectivity index (χ4n) is 1.99. The van der Waals surface area contributed by atoms with Crippen molar-refractivity contribution in [3.63, 3.8) is 0 Å². The minimum absolute atomic E-state index is 0.0337. The van der Waals surface area contributed by atoms with Crippen LogP contribution in [0.5, 0.6) is 0 Å². The number of nitrogens with one attached hydrogen (secondary N) is 1. The van der Waals surface area contributed by atoms with Gasteiger partial charge < -0.3 is 0 Å². The van der Waals surface area contributed by atoms with E-state index in [1.54, 1.807) is 12.1 Å². The molecule has 0 aliphatic rings. The first-order valence-electron chi connectivity index (χ1n) is 6.73. The zero-order valence-electron chi connectivity index (χ0n) is 12.3. The summed E-state index contributed by atoms with van der Waals surface area (Å²) in [6.07, 6.45) is 2.84. The smallest absolute Gasteiger partial charge is 0.298 e. The molecule has 24 heavy (non-hydrogen) atoms. The van der Waals surface area contributed by atoms with Gasteiger partial charge in [0.2, 0.25) is 5.91 Å². The van der Waals surface area contributed by atoms with Gasteiger partial charge in [-0.3, -0.25) is 20.2 Å². The largest absolute Gasteiger partial charge is 0.324 e. The predicted molar refractivity (Wildman–Crippen MR) is 98.0 cm³/mol. The SMILES string of the molecule is Cc1ccc(Cl)c2sc(NC(=O)/C=C/c3ccc([N+](=O)[O-])s3)nc12. The summed E-state index contributed by atoms with van der Waals surface area (Å²) in [5, 5.41) is 14.4. The molecular weight excluding hydrogens is 370 g/mol. The fourth-order valence-corrected chi connectivity index (χ4v) is 3.93. The lowest BCUT2D eigenvalue weighted by Gasteiger charge is -1.95. The van der Waals surface area contributed by atoms with E-state index in [2.05, 4.69) is 10.3 Å². The number of thiazole rings is 1. The maximum Gasteiger partial charge on any atom is 0.324 e. The molecule has 0 spiro atoms. The van der Waals surface area contributed by atoms with Gasteiger partial charge in [0, 0.05) is 17.0 Å². The van der Waals surface area contributed by atoms with Gasteiger partial charge in [-0.15, -0.1) is 0 Å². The number of nitro groups is 1. The van der Waals surface area contributed by atoms with Crippen LogP contribution in [-0.2, 0) is 4.79 Å². The number of nitrogens with zero attached hydrogens (tertiary/aromatic N) is 2. The van der Waals surface area contributed by atoms with Gasteiger partial charge in [-0.25, -0.2) is 4.98 Å². The summed E-state index contributed by atoms with van der Waals surface area (Å²) in [6.45, 7) is 1.92. The van der Waals surface area contributed by atoms with Gasteiger partial charge in [-0.05, 0) is 30.7 Å². The molecule has 122 valence electrons. The number of halogens is 1. The highest BCUT2D eigenvalue weighted by atomic mass is 35.5. The Bertz CT molecular complexity index is 939. The number of aryl methyl sites for hydroxylation is 1. The first-order chi connectivity index (χ1) is 11.4. The van der Waals surface area contributed by atoms with Gasteiger partial charge in [-0.1, -0.05) is 40.3 Å². The number of thiophene rings is 1. The molecule has 0 unspecified atom stereocenters. The van der Waals surface area contributed by atoms with Gasteiger partial charge >= 0.3 is 5.00 Å². The second-order valence-electron chi connectivity index (χ2n) is 4.82. The molecule has 2 heterocycles. The number of amides is 1. The Morgan fingerprint density at radius 1 is 1.33 bits per heavy atom. The maximum absolute atomic E-state index is 12.0. The Morgan fingerprint density at radius 2 is 2.12 bits per heavy atom. The number of carbonyl (C=O) groups excluding carboxylic acids is 1. The zero-order chi connectivity index (χ0) is 17.3. The summed E-state index contributed by atoms with van der Waals surface area (Å²) >= 11 is 8.44. The molecule has 0 saturated heterocycles. The third-order valence-electron chi connectivity index (χ3n) is 3.12. The number of carbonyl (C=O) groups is 1. The molecule has 1 aromatic carbocycles. The molecule has 1 amide bonds. The Kier molecular flexibility index (Phi) is 4.61. The number of anilines is 1. The summed E-state index contributed by atoms with van der Waals surface area (Å²) in [6, 6.07) is 6.67. The van der Waals surface area contributed by atoms with Crippen molar-refractivity contribution in [2.75, 3.05) is 5.32 Å². The minimum Gasteiger partial charge on any atom is -0.298 e. The van der Waals surface area contributed by atoms with Gasteiger partial charge in [0.1, 0.15) is 0 Å². The number of benzene rings is 1. The van der Waals surface area contributed by atoms with Crippen molar-refractivity contribution < 1.29 is 9.72 Å². The quantitative estimate of drug-likeness (QED) is 0.397. The molecule has 0 radical (unpaired) electrons. The van der Waals surface area contributed by atoms with Gasteiger partial charge in [0.25, 0.3) is 0 Å². The first kappa shape index (κ1) is 16.6. The lowest BCUT2D eigenvalue weighted by atomic mass is 10.2. The average molecular weight is 380 g/mol. The Balaban J connectivity index is 1.74. The van der Waals surface area contributed by atoms with Crippen LogP contribution < -0.4 is 5.32 Å². The van der Waals surface area contributed by atoms with E-state index in [4.69, 9.17) is 11.6 Å². The number of hydrogen-bond donors (Lipinski definition) is 1. The number of aromatic nitrogens is 1. The zero-order valence-corrected chi connectivity index (χ0v) is 14.7. The second-order valence-corrected chi connectivity index (χ2v) is 7.32. The predicted octanol–water partition coefficient (Wildman–Crippen LogP) is 4.88. The van der Waals surface area contributed by atoms with Crippen LogP contribution in [0.4, 0.5) is 10.1 Å². The molecule has 0 aliphatic heterocycles. The van der Waals surface area contributed by atoms with E-state index in [0.29, 0.717) is 15.0 Å². The molecule has 9 heteroatoms. The maximum atomic E-state index is 12.0. The highest BCUT2D eigenvalue weighted by molar-refractivity contribution is 7.23. The monoisotopic (exact) mass is 379 g/mol. The standard InChI is InChI=1S/C15H10ClN3O3S2/c1-8-2-5-10(16)14-13(8)18-15(24-14)17-11(20)6-3-9-4-7-12(23-9)19(21)22/h2-7H,1H3,(H,17,18,20)/b6-3+. The molecule has 0 atom stereocenters. The van der Waals surface area contributed by atoms with E-state index < -0.39 is 4.92 Å². The second kappa shape index (κ2) is 6.68. The normalized spacial score (nSPS) is 11.2. The van der Waals surface area contributed by atoms with Crippen LogP contribution in [0.25, 0.3) is 16.3 Å². The van der Waals surface area contributed by atoms with E-state index in [1.807, 2.05) is 13.0 Å². The fraction of sp³-hybridized carbons (Fsp3) is 0.0667. The average Bonchev–Trinajstić information content (AvgIpc) is 3.16. The van der Waals surface area contributed by atoms with Gasteiger partial charge in [0.05, 0.1) is 20.2 Å². The topological polar surface area (TPSA) is 85.1 Å². The van der Waals surface area contributed by atoms with Gasteiger partial charge in [-0.2, -0.15) is 0 Å². The van der Waals surface area contributed by atoms with E-state index in [9.17, 15) is 14.9 Å². The lowest BCUT2D eigenvalue weighted by molar-refractivity contribution is -0.380. The van der Waals surface area contributed by atoms with E-state index in [0.717, 1.165) is 27.1 Å². The molecule has 3 aromatic rings. The molecule has 3 rings (SSSR count). The summed E-state index contributed by atoms with van der Waals surface area (Å²) in [7, 11) is 0. The number of hydrogen-bond acceptors (Lipinski definition) is 6. The molecule has 0 aliphatic carbocycles. The van der Waals surface area contributed by atoms with Crippen molar-refractivity contribution in [3.8, 4) is 0 Å². The molecule has 1 N–H and O–H groups in total. The third kappa shape index (κ3) is 3.45. The minimum atomic E-state index is -0.463. The van der Waals surface area contributed by atoms with Crippen molar-refractivity contribution >= 4 is 66.6 Å². The van der Waals surface area contributed by atoms with Crippen LogP contribution in [-0.4, -0.2) is 15.8 Å². The molecular formula is C15H10ClN3O3S2. The van der Waals surface area contributed by atoms with Crippen LogP contribution in [0.15, 0.2) is 30.3 Å². The van der Waals surface area contributed by atoms with Crippen LogP contribution in [0.3, 0.4) is 0 Å². The van der Waals surface area contributed by atoms with Gasteiger partial charge in [0.15, 0.2) is 5.13 Å². The van der Waals surface area contributed by atoms with Crippen molar-refractivity contribution in [1.29, 1.82) is 0 Å². The van der Waals surface area contributed by atoms with Crippen molar-refractivity contribution in [3.05, 3.63) is 55.9 Å². The molecule has 6 nitrogen and oxygen atoms in total. The molecule has 0 saturated carbocycles. The summed E-state index contributed by atoms with van der Waals surface area (Å²) < 4.78 is 0.824. The first-order valence-corrected chi connectivity index (χ1v) is 8.74. The Hall–Kier alpha value is -2.29. The van der Waals surface area contributed by atoms with E-state index in [-0.39, 0.29) is 10.9 Å². The highest BCUT2D eigenvalue weighted by Crippen LogP contribution is 2.33. The summed E-state index contributed by atoms with van der Waals surface area (Å²) in [5.41, 5.74) is 1.74. The highest BCUT2D eigenvalue weighted by Gasteiger charge is 2.11. The molecule has 0 bridgehead atoms. The van der Waals surface area contributed by atoms with E-state index in [1.165, 1.54) is 29.6 Å². The van der Waals surface area contributed by atoms with Crippen molar-refractivity contribution in [2.24, 2.45) is 0 Å². The molecule has 2 aromatic heterocycles. The third-order valence-corrected chi connectivity index (χ3v) is 5.55. The number of rotatable bonds is 4. The summed E-state index contributed by atoms with van der Waals surface area (Å²) in [5.74, 6) is -0.362. The summed E-state index contributed by atoms with van der Waals surface area (Å²) in [4.78, 5) is 27.1. The van der Waals surface area contributed by atoms with Crippen molar-refractivity contribution in [2.45, 2.75) is 6.92 Å². The lowest BCUT2D eigenvalue weighted by Crippen LogP contribution is -2.07. The van der Waals surface area contributed by atoms with E-state index >= 15 is 0 Å². The number of fused-ring (bicyclic) bond motifs is 1. The van der Waals surface area contributed by atoms with Crippen LogP contribution in [0.1, 0.15) is 10.4 Å². The van der Waals surface area contributed by atoms with Crippen LogP contribution in [0.2, 0.25) is 5.02 Å². The Labute approximate surface area is 149 Å². The van der Waals surface area contributed by atoms with Crippen LogP contribution >= 0.6 is 34.3 Å². The molecule has 0 fully saturated rings.